The Labute approximate surface area is 215 Å². The van der Waals surface area contributed by atoms with E-state index >= 15 is 0 Å². The van der Waals surface area contributed by atoms with E-state index in [0.29, 0.717) is 41.3 Å². The van der Waals surface area contributed by atoms with Gasteiger partial charge in [0.25, 0.3) is 6.47 Å². The molecule has 1 aliphatic rings. The topological polar surface area (TPSA) is 85.4 Å². The number of ether oxygens (including phenoxy) is 1. The third-order valence-corrected chi connectivity index (χ3v) is 6.85. The molecule has 1 unspecified atom stereocenters. The first-order valence-electron chi connectivity index (χ1n) is 11.9. The molecule has 1 aromatic heterocycles. The van der Waals surface area contributed by atoms with Gasteiger partial charge in [0.1, 0.15) is 5.56 Å². The Balaban J connectivity index is 1.89. The monoisotopic (exact) mass is 506 g/mol. The van der Waals surface area contributed by atoms with Gasteiger partial charge in [-0.2, -0.15) is 4.48 Å². The van der Waals surface area contributed by atoms with Crippen LogP contribution in [0.25, 0.3) is 11.3 Å². The number of urea groups is 1. The molecular weight excluding hydrogens is 478 g/mol. The summed E-state index contributed by atoms with van der Waals surface area (Å²) in [6, 6.07) is 15.1. The van der Waals surface area contributed by atoms with Crippen molar-refractivity contribution >= 4 is 35.7 Å². The minimum Gasteiger partial charge on any atom is -0.468 e. The summed E-state index contributed by atoms with van der Waals surface area (Å²) >= 11 is 6.11. The Hall–Kier alpha value is -3.55. The van der Waals surface area contributed by atoms with E-state index in [1.54, 1.807) is 13.2 Å². The average molecular weight is 507 g/mol. The third kappa shape index (κ3) is 4.90. The Kier molecular flexibility index (Phi) is 7.52. The van der Waals surface area contributed by atoms with Crippen LogP contribution in [0.1, 0.15) is 53.2 Å². The molecule has 0 fully saturated rings. The average Bonchev–Trinajstić information content (AvgIpc) is 2.87. The van der Waals surface area contributed by atoms with E-state index in [1.165, 1.54) is 0 Å². The summed E-state index contributed by atoms with van der Waals surface area (Å²) in [7, 11) is 1.59. The number of nitrogens with one attached hydrogen (secondary N) is 1. The molecule has 2 aromatic carbocycles. The molecule has 3 amide bonds. The SMILES string of the molecule is CC(C)c1ccccc1-c1ncc2c(c1Cc1ccc(Cl)cc1)C(=O)[N+](C)(CCCOC=O)C(=O)N2. The fourth-order valence-corrected chi connectivity index (χ4v) is 4.74. The number of amides is 3. The van der Waals surface area contributed by atoms with Crippen LogP contribution in [-0.2, 0) is 16.0 Å². The number of hydrogen-bond acceptors (Lipinski definition) is 5. The maximum absolute atomic E-state index is 14.0. The van der Waals surface area contributed by atoms with Crippen molar-refractivity contribution in [1.82, 2.24) is 4.98 Å². The number of carbonyl (C=O) groups excluding carboxylic acids is 3. The fraction of sp³-hybridized carbons (Fsp3) is 0.286. The lowest BCUT2D eigenvalue weighted by atomic mass is 9.88. The predicted octanol–water partition coefficient (Wildman–Crippen LogP) is 5.81. The van der Waals surface area contributed by atoms with Crippen LogP contribution in [0.2, 0.25) is 5.02 Å². The summed E-state index contributed by atoms with van der Waals surface area (Å²) < 4.78 is 4.31. The van der Waals surface area contributed by atoms with Crippen molar-refractivity contribution in [2.24, 2.45) is 0 Å². The van der Waals surface area contributed by atoms with Crippen LogP contribution in [0, 0.1) is 0 Å². The highest BCUT2D eigenvalue weighted by Crippen LogP contribution is 2.38. The Morgan fingerprint density at radius 1 is 1.11 bits per heavy atom. The number of nitrogens with zero attached hydrogens (tertiary/aromatic N) is 2. The van der Waals surface area contributed by atoms with Crippen molar-refractivity contribution in [3.05, 3.63) is 82.0 Å². The van der Waals surface area contributed by atoms with E-state index in [9.17, 15) is 14.4 Å². The maximum atomic E-state index is 14.0. The smallest absolute Gasteiger partial charge is 0.428 e. The molecule has 0 radical (unpaired) electrons. The number of carbonyl (C=O) groups is 3. The summed E-state index contributed by atoms with van der Waals surface area (Å²) in [5, 5.41) is 3.52. The molecule has 8 heteroatoms. The normalized spacial score (nSPS) is 17.0. The number of quaternary nitrogens is 1. The quantitative estimate of drug-likeness (QED) is 0.225. The second-order valence-electron chi connectivity index (χ2n) is 9.39. The van der Waals surface area contributed by atoms with Crippen LogP contribution in [-0.4, -0.2) is 48.1 Å². The van der Waals surface area contributed by atoms with Crippen molar-refractivity contribution in [1.29, 1.82) is 0 Å². The summed E-state index contributed by atoms with van der Waals surface area (Å²) in [6.45, 7) is 4.93. The van der Waals surface area contributed by atoms with Crippen molar-refractivity contribution in [2.75, 3.05) is 25.5 Å². The lowest BCUT2D eigenvalue weighted by Crippen LogP contribution is -2.59. The minimum atomic E-state index is -0.474. The van der Waals surface area contributed by atoms with E-state index in [2.05, 4.69) is 25.2 Å². The number of rotatable bonds is 9. The summed E-state index contributed by atoms with van der Waals surface area (Å²) in [6.07, 6.45) is 2.37. The number of fused-ring (bicyclic) bond motifs is 1. The van der Waals surface area contributed by atoms with Crippen LogP contribution < -0.4 is 5.32 Å². The molecule has 2 heterocycles. The Bertz CT molecular complexity index is 1310. The number of halogens is 1. The molecule has 186 valence electrons. The van der Waals surface area contributed by atoms with E-state index in [4.69, 9.17) is 21.3 Å². The predicted molar refractivity (Wildman–Crippen MR) is 139 cm³/mol. The minimum absolute atomic E-state index is 0.131. The van der Waals surface area contributed by atoms with Crippen LogP contribution >= 0.6 is 11.6 Å². The molecule has 0 bridgehead atoms. The molecule has 3 aromatic rings. The van der Waals surface area contributed by atoms with Crippen LogP contribution in [0.3, 0.4) is 0 Å². The van der Waals surface area contributed by atoms with Gasteiger partial charge in [-0.15, -0.1) is 0 Å². The van der Waals surface area contributed by atoms with E-state index in [0.717, 1.165) is 22.3 Å². The van der Waals surface area contributed by atoms with Gasteiger partial charge in [0, 0.05) is 29.0 Å². The molecule has 0 saturated carbocycles. The van der Waals surface area contributed by atoms with Crippen molar-refractivity contribution in [2.45, 2.75) is 32.6 Å². The van der Waals surface area contributed by atoms with Gasteiger partial charge < -0.3 is 4.74 Å². The largest absolute Gasteiger partial charge is 0.468 e. The van der Waals surface area contributed by atoms with E-state index < -0.39 is 10.5 Å². The summed E-state index contributed by atoms with van der Waals surface area (Å²) in [4.78, 5) is 42.4. The summed E-state index contributed by atoms with van der Waals surface area (Å²) in [5.74, 6) is -0.0637. The number of benzene rings is 2. The van der Waals surface area contributed by atoms with Gasteiger partial charge >= 0.3 is 11.9 Å². The zero-order valence-corrected chi connectivity index (χ0v) is 21.3. The number of anilines is 1. The van der Waals surface area contributed by atoms with Crippen LogP contribution in [0.15, 0.2) is 54.7 Å². The zero-order chi connectivity index (χ0) is 25.9. The number of pyridine rings is 1. The summed E-state index contributed by atoms with van der Waals surface area (Å²) in [5.41, 5.74) is 5.37. The molecule has 0 aliphatic carbocycles. The second kappa shape index (κ2) is 10.6. The van der Waals surface area contributed by atoms with Gasteiger partial charge in [-0.05, 0) is 29.2 Å². The van der Waals surface area contributed by atoms with E-state index in [-0.39, 0.29) is 25.0 Å². The maximum Gasteiger partial charge on any atom is 0.428 e. The van der Waals surface area contributed by atoms with Gasteiger partial charge in [-0.3, -0.25) is 15.1 Å². The fourth-order valence-electron chi connectivity index (χ4n) is 4.61. The van der Waals surface area contributed by atoms with Crippen LogP contribution in [0.5, 0.6) is 0 Å². The Morgan fingerprint density at radius 3 is 2.53 bits per heavy atom. The first-order chi connectivity index (χ1) is 17.3. The molecule has 36 heavy (non-hydrogen) atoms. The molecule has 1 aliphatic heterocycles. The lowest BCUT2D eigenvalue weighted by Gasteiger charge is -2.34. The van der Waals surface area contributed by atoms with Gasteiger partial charge in [-0.1, -0.05) is 61.8 Å². The molecule has 1 N–H and O–H groups in total. The van der Waals surface area contributed by atoms with Gasteiger partial charge in [0.2, 0.25) is 0 Å². The van der Waals surface area contributed by atoms with Crippen molar-refractivity contribution in [3.63, 3.8) is 0 Å². The highest BCUT2D eigenvalue weighted by atomic mass is 35.5. The number of hydrogen-bond donors (Lipinski definition) is 1. The highest BCUT2D eigenvalue weighted by Gasteiger charge is 2.48. The lowest BCUT2D eigenvalue weighted by molar-refractivity contribution is -0.743. The van der Waals surface area contributed by atoms with Gasteiger partial charge in [-0.25, -0.2) is 9.59 Å². The van der Waals surface area contributed by atoms with Gasteiger partial charge in [0.15, 0.2) is 0 Å². The van der Waals surface area contributed by atoms with Crippen molar-refractivity contribution < 1.29 is 23.6 Å². The zero-order valence-electron chi connectivity index (χ0n) is 20.6. The van der Waals surface area contributed by atoms with Gasteiger partial charge in [0.05, 0.1) is 37.8 Å². The molecule has 4 rings (SSSR count). The van der Waals surface area contributed by atoms with Crippen molar-refractivity contribution in [3.8, 4) is 11.3 Å². The standard InChI is InChI=1S/C28H28ClN3O4/c1-18(2)21-7-4-5-8-22(21)26-23(15-19-9-11-20(29)12-10-19)25-24(16-30-26)31-28(35)32(3,27(25)34)13-6-14-36-17-33/h4-5,7-12,16-18H,6,13-15H2,1-3H3/p+1. The first kappa shape index (κ1) is 25.5. The highest BCUT2D eigenvalue weighted by molar-refractivity contribution is 6.30. The second-order valence-corrected chi connectivity index (χ2v) is 9.83. The molecule has 7 nitrogen and oxygen atoms in total. The van der Waals surface area contributed by atoms with Crippen LogP contribution in [0.4, 0.5) is 10.5 Å². The van der Waals surface area contributed by atoms with E-state index in [1.807, 2.05) is 42.5 Å². The molecule has 1 atom stereocenters. The number of imide groups is 1. The third-order valence-electron chi connectivity index (χ3n) is 6.60. The Morgan fingerprint density at radius 2 is 1.83 bits per heavy atom. The first-order valence-corrected chi connectivity index (χ1v) is 12.3. The molecular formula is C28H29ClN3O4+. The number of aromatic nitrogens is 1. The molecule has 0 saturated heterocycles. The molecule has 0 spiro atoms.